The number of rotatable bonds is 5. The number of ketones is 1. The Bertz CT molecular complexity index is 1470. The first-order chi connectivity index (χ1) is 16.8. The van der Waals surface area contributed by atoms with E-state index in [4.69, 9.17) is 32.7 Å². The Morgan fingerprint density at radius 3 is 2.49 bits per heavy atom. The number of Topliss-reactive ketones (excluding diaryl/α,β-unsaturated/α-hetero) is 1. The number of hydrogen-bond acceptors (Lipinski definition) is 7. The number of carbonyl (C=O) groups excluding carboxylic acids is 2. The van der Waals surface area contributed by atoms with Crippen LogP contribution in [0.3, 0.4) is 0 Å². The molecule has 1 aliphatic rings. The molecule has 1 amide bonds. The maximum Gasteiger partial charge on any atom is 0.302 e. The Labute approximate surface area is 213 Å². The molecular formula is C24H17Cl2N3O5S. The van der Waals surface area contributed by atoms with Gasteiger partial charge in [0.05, 0.1) is 40.9 Å². The van der Waals surface area contributed by atoms with Crippen LogP contribution in [-0.4, -0.2) is 41.0 Å². The molecule has 1 aliphatic heterocycles. The number of nitrogens with zero attached hydrogens (tertiary/aromatic N) is 2. The Hall–Kier alpha value is -3.53. The van der Waals surface area contributed by atoms with E-state index in [2.05, 4.69) is 9.97 Å². The fourth-order valence-corrected chi connectivity index (χ4v) is 5.13. The number of H-pyrrole nitrogens is 1. The molecule has 0 radical (unpaired) electrons. The molecule has 11 heteroatoms. The van der Waals surface area contributed by atoms with E-state index in [1.165, 1.54) is 48.7 Å². The zero-order valence-electron chi connectivity index (χ0n) is 18.3. The lowest BCUT2D eigenvalue weighted by Gasteiger charge is -2.21. The quantitative estimate of drug-likeness (QED) is 0.199. The van der Waals surface area contributed by atoms with Crippen molar-refractivity contribution in [2.75, 3.05) is 19.1 Å². The minimum atomic E-state index is -0.909. The maximum absolute atomic E-state index is 13.3. The third-order valence-electron chi connectivity index (χ3n) is 5.65. The summed E-state index contributed by atoms with van der Waals surface area (Å²) >= 11 is 13.5. The van der Waals surface area contributed by atoms with Gasteiger partial charge >= 0.3 is 5.91 Å². The van der Waals surface area contributed by atoms with Crippen molar-refractivity contribution in [1.29, 1.82) is 0 Å². The number of carbonyl (C=O) groups is 2. The van der Waals surface area contributed by atoms with Gasteiger partial charge in [-0.3, -0.25) is 14.5 Å². The Kier molecular flexibility index (Phi) is 5.92. The number of thiophene rings is 1. The predicted octanol–water partition coefficient (Wildman–Crippen LogP) is 5.57. The van der Waals surface area contributed by atoms with Gasteiger partial charge in [-0.1, -0.05) is 29.3 Å². The van der Waals surface area contributed by atoms with Crippen molar-refractivity contribution >= 4 is 69.0 Å². The molecule has 2 N–H and O–H groups in total. The number of nitrogens with one attached hydrogen (secondary N) is 1. The first kappa shape index (κ1) is 23.2. The molecule has 2 aromatic carbocycles. The van der Waals surface area contributed by atoms with Crippen molar-refractivity contribution in [3.63, 3.8) is 0 Å². The number of fused-ring (bicyclic) bond motifs is 1. The van der Waals surface area contributed by atoms with Gasteiger partial charge in [0.15, 0.2) is 11.5 Å². The van der Waals surface area contributed by atoms with Crippen LogP contribution in [0.25, 0.3) is 16.8 Å². The zero-order valence-corrected chi connectivity index (χ0v) is 20.7. The van der Waals surface area contributed by atoms with Gasteiger partial charge in [-0.05, 0) is 29.6 Å². The summed E-state index contributed by atoms with van der Waals surface area (Å²) < 4.78 is 10.7. The van der Waals surface area contributed by atoms with Gasteiger partial charge in [0.25, 0.3) is 5.78 Å². The second kappa shape index (κ2) is 8.92. The summed E-state index contributed by atoms with van der Waals surface area (Å²) in [6.07, 6.45) is 0. The number of halogens is 2. The Morgan fingerprint density at radius 1 is 1.09 bits per heavy atom. The van der Waals surface area contributed by atoms with Crippen LogP contribution in [-0.2, 0) is 9.59 Å². The van der Waals surface area contributed by atoms with Crippen molar-refractivity contribution in [1.82, 2.24) is 9.97 Å². The van der Waals surface area contributed by atoms with E-state index in [9.17, 15) is 14.7 Å². The third kappa shape index (κ3) is 3.81. The smallest absolute Gasteiger partial charge is 0.302 e. The summed E-state index contributed by atoms with van der Waals surface area (Å²) in [5.41, 5.74) is 1.27. The van der Waals surface area contributed by atoms with E-state index in [-0.39, 0.29) is 27.9 Å². The van der Waals surface area contributed by atoms with Gasteiger partial charge in [-0.2, -0.15) is 0 Å². The standard InChI is InChI=1S/C24H17Cl2N3O5S/c1-33-16-9-14-15(10-17(16)34-2)28-24(27-14)29-20(18-4-3-7-35-18)19(22(31)23(29)32)21(30)11-5-6-12(25)13(26)8-11/h3-10,20,30H,1-2H3,(H,27,28)/b21-19+. The number of benzene rings is 2. The van der Waals surface area contributed by atoms with Crippen LogP contribution in [0.1, 0.15) is 16.5 Å². The van der Waals surface area contributed by atoms with Gasteiger partial charge < -0.3 is 19.6 Å². The molecular weight excluding hydrogens is 513 g/mol. The number of ether oxygens (including phenoxy) is 2. The van der Waals surface area contributed by atoms with Crippen molar-refractivity contribution < 1.29 is 24.2 Å². The molecule has 178 valence electrons. The summed E-state index contributed by atoms with van der Waals surface area (Å²) in [5, 5.41) is 13.5. The van der Waals surface area contributed by atoms with Gasteiger partial charge in [0.1, 0.15) is 11.8 Å². The lowest BCUT2D eigenvalue weighted by atomic mass is 10.00. The van der Waals surface area contributed by atoms with E-state index in [1.54, 1.807) is 24.3 Å². The lowest BCUT2D eigenvalue weighted by molar-refractivity contribution is -0.132. The molecule has 5 rings (SSSR count). The van der Waals surface area contributed by atoms with Crippen LogP contribution in [0, 0.1) is 0 Å². The van der Waals surface area contributed by atoms with Crippen molar-refractivity contribution in [3.8, 4) is 11.5 Å². The minimum absolute atomic E-state index is 0.0774. The van der Waals surface area contributed by atoms with Crippen LogP contribution in [0.15, 0.2) is 53.4 Å². The number of anilines is 1. The summed E-state index contributed by atoms with van der Waals surface area (Å²) in [6.45, 7) is 0. The minimum Gasteiger partial charge on any atom is -0.507 e. The van der Waals surface area contributed by atoms with E-state index < -0.39 is 17.7 Å². The highest BCUT2D eigenvalue weighted by molar-refractivity contribution is 7.10. The summed E-state index contributed by atoms with van der Waals surface area (Å²) in [6, 6.07) is 10.5. The molecule has 1 unspecified atom stereocenters. The average molecular weight is 530 g/mol. The van der Waals surface area contributed by atoms with E-state index in [0.29, 0.717) is 32.4 Å². The number of hydrogen-bond donors (Lipinski definition) is 2. The van der Waals surface area contributed by atoms with E-state index in [1.807, 2.05) is 5.38 Å². The number of aliphatic hydroxyl groups excluding tert-OH is 1. The number of aromatic nitrogens is 2. The molecule has 0 spiro atoms. The molecule has 0 bridgehead atoms. The number of aromatic amines is 1. The first-order valence-corrected chi connectivity index (χ1v) is 11.9. The first-order valence-electron chi connectivity index (χ1n) is 10.3. The predicted molar refractivity (Wildman–Crippen MR) is 135 cm³/mol. The van der Waals surface area contributed by atoms with Crippen LogP contribution < -0.4 is 14.4 Å². The molecule has 4 aromatic rings. The molecule has 1 fully saturated rings. The van der Waals surface area contributed by atoms with Crippen LogP contribution >= 0.6 is 34.5 Å². The molecule has 2 aromatic heterocycles. The van der Waals surface area contributed by atoms with Crippen molar-refractivity contribution in [3.05, 3.63) is 73.9 Å². The SMILES string of the molecule is COc1cc2nc(N3C(=O)C(=O)/C(=C(/O)c4ccc(Cl)c(Cl)c4)C3c3cccs3)[nH]c2cc1OC. The zero-order chi connectivity index (χ0) is 24.9. The van der Waals surface area contributed by atoms with Crippen LogP contribution in [0.4, 0.5) is 5.95 Å². The normalized spacial score (nSPS) is 17.4. The van der Waals surface area contributed by atoms with Crippen LogP contribution in [0.2, 0.25) is 10.0 Å². The number of amides is 1. The molecule has 0 saturated carbocycles. The third-order valence-corrected chi connectivity index (χ3v) is 7.32. The second-order valence-corrected chi connectivity index (χ2v) is 9.39. The molecule has 0 aliphatic carbocycles. The highest BCUT2D eigenvalue weighted by Crippen LogP contribution is 2.44. The fourth-order valence-electron chi connectivity index (χ4n) is 4.00. The Morgan fingerprint density at radius 2 is 1.83 bits per heavy atom. The molecule has 1 saturated heterocycles. The second-order valence-electron chi connectivity index (χ2n) is 7.60. The van der Waals surface area contributed by atoms with E-state index in [0.717, 1.165) is 0 Å². The Balaban J connectivity index is 1.70. The van der Waals surface area contributed by atoms with Crippen molar-refractivity contribution in [2.24, 2.45) is 0 Å². The van der Waals surface area contributed by atoms with Gasteiger partial charge in [-0.15, -0.1) is 11.3 Å². The van der Waals surface area contributed by atoms with E-state index >= 15 is 0 Å². The highest BCUT2D eigenvalue weighted by Gasteiger charge is 2.48. The topological polar surface area (TPSA) is 105 Å². The van der Waals surface area contributed by atoms with Crippen LogP contribution in [0.5, 0.6) is 11.5 Å². The summed E-state index contributed by atoms with van der Waals surface area (Å²) in [4.78, 5) is 36.1. The summed E-state index contributed by atoms with van der Waals surface area (Å²) in [7, 11) is 3.02. The van der Waals surface area contributed by atoms with Gasteiger partial charge in [-0.25, -0.2) is 4.98 Å². The maximum atomic E-state index is 13.3. The lowest BCUT2D eigenvalue weighted by Crippen LogP contribution is -2.30. The van der Waals surface area contributed by atoms with Crippen molar-refractivity contribution in [2.45, 2.75) is 6.04 Å². The molecule has 1 atom stereocenters. The number of imidazole rings is 1. The summed E-state index contributed by atoms with van der Waals surface area (Å²) in [5.74, 6) is -0.946. The monoisotopic (exact) mass is 529 g/mol. The number of methoxy groups -OCH3 is 2. The molecule has 35 heavy (non-hydrogen) atoms. The highest BCUT2D eigenvalue weighted by atomic mass is 35.5. The average Bonchev–Trinajstić information content (AvgIpc) is 3.58. The number of aliphatic hydroxyl groups is 1. The van der Waals surface area contributed by atoms with Gasteiger partial charge in [0.2, 0.25) is 5.95 Å². The molecule has 3 heterocycles. The fraction of sp³-hybridized carbons (Fsp3) is 0.125. The molecule has 8 nitrogen and oxygen atoms in total. The largest absolute Gasteiger partial charge is 0.507 e. The van der Waals surface area contributed by atoms with Gasteiger partial charge in [0, 0.05) is 22.6 Å².